The van der Waals surface area contributed by atoms with E-state index in [1.807, 2.05) is 0 Å². The summed E-state index contributed by atoms with van der Waals surface area (Å²) in [6.07, 6.45) is 6.02. The zero-order chi connectivity index (χ0) is 15.4. The number of nitrogens with one attached hydrogen (secondary N) is 1. The lowest BCUT2D eigenvalue weighted by Gasteiger charge is -2.23. The van der Waals surface area contributed by atoms with Gasteiger partial charge in [0.2, 0.25) is 0 Å². The van der Waals surface area contributed by atoms with Gasteiger partial charge in [-0.3, -0.25) is 0 Å². The van der Waals surface area contributed by atoms with E-state index >= 15 is 0 Å². The standard InChI is InChI=1S/C16H22FN3O2.HI/c17-13-6-11(15-12(7-13)9-21-10-22-15)8-19-16(18)20-14-4-2-1-3-5-14;/h6-7,14H,1-5,8-10H2,(H3,18,19,20);1H. The fourth-order valence-electron chi connectivity index (χ4n) is 3.05. The maximum atomic E-state index is 13.6. The van der Waals surface area contributed by atoms with Crippen molar-refractivity contribution in [2.75, 3.05) is 6.79 Å². The van der Waals surface area contributed by atoms with Crippen molar-refractivity contribution in [3.05, 3.63) is 29.1 Å². The fourth-order valence-corrected chi connectivity index (χ4v) is 3.05. The maximum absolute atomic E-state index is 13.6. The Labute approximate surface area is 152 Å². The van der Waals surface area contributed by atoms with Gasteiger partial charge in [-0.2, -0.15) is 0 Å². The normalized spacial score (nSPS) is 18.6. The summed E-state index contributed by atoms with van der Waals surface area (Å²) in [7, 11) is 0. The van der Waals surface area contributed by atoms with Gasteiger partial charge in [-0.15, -0.1) is 24.0 Å². The van der Waals surface area contributed by atoms with Crippen LogP contribution >= 0.6 is 24.0 Å². The van der Waals surface area contributed by atoms with E-state index in [2.05, 4.69) is 10.3 Å². The van der Waals surface area contributed by atoms with Crippen LogP contribution in [0, 0.1) is 5.82 Å². The molecular formula is C16H23FIN3O2. The Hall–Kier alpha value is -1.09. The number of hydrogen-bond acceptors (Lipinski definition) is 3. The third-order valence-corrected chi connectivity index (χ3v) is 4.13. The summed E-state index contributed by atoms with van der Waals surface area (Å²) >= 11 is 0. The lowest BCUT2D eigenvalue weighted by Crippen LogP contribution is -2.41. The quantitative estimate of drug-likeness (QED) is 0.435. The van der Waals surface area contributed by atoms with Crippen molar-refractivity contribution in [3.63, 3.8) is 0 Å². The van der Waals surface area contributed by atoms with Gasteiger partial charge >= 0.3 is 0 Å². The first kappa shape index (κ1) is 18.3. The van der Waals surface area contributed by atoms with Gasteiger partial charge in [-0.05, 0) is 25.0 Å². The molecule has 0 radical (unpaired) electrons. The zero-order valence-electron chi connectivity index (χ0n) is 13.0. The number of nitrogens with zero attached hydrogens (tertiary/aromatic N) is 1. The molecule has 3 rings (SSSR count). The molecule has 7 heteroatoms. The summed E-state index contributed by atoms with van der Waals surface area (Å²) in [4.78, 5) is 4.33. The van der Waals surface area contributed by atoms with Crippen molar-refractivity contribution in [1.82, 2.24) is 5.32 Å². The van der Waals surface area contributed by atoms with Gasteiger partial charge in [0.05, 0.1) is 13.2 Å². The predicted octanol–water partition coefficient (Wildman–Crippen LogP) is 3.05. The van der Waals surface area contributed by atoms with Crippen LogP contribution in [-0.2, 0) is 17.9 Å². The minimum atomic E-state index is -0.308. The number of aliphatic imine (C=N–C) groups is 1. The molecule has 128 valence electrons. The summed E-state index contributed by atoms with van der Waals surface area (Å²) in [5, 5.41) is 3.25. The lowest BCUT2D eigenvalue weighted by molar-refractivity contribution is -0.0172. The third-order valence-electron chi connectivity index (χ3n) is 4.13. The number of guanidine groups is 1. The van der Waals surface area contributed by atoms with Gasteiger partial charge in [-0.25, -0.2) is 9.38 Å². The Morgan fingerprint density at radius 3 is 2.87 bits per heavy atom. The van der Waals surface area contributed by atoms with Crippen LogP contribution in [0.5, 0.6) is 5.75 Å². The first-order valence-electron chi connectivity index (χ1n) is 7.80. The summed E-state index contributed by atoms with van der Waals surface area (Å²) in [6.45, 7) is 0.844. The van der Waals surface area contributed by atoms with Gasteiger partial charge in [0.25, 0.3) is 0 Å². The largest absolute Gasteiger partial charge is 0.467 e. The van der Waals surface area contributed by atoms with Crippen LogP contribution < -0.4 is 15.8 Å². The highest BCUT2D eigenvalue weighted by Crippen LogP contribution is 2.29. The van der Waals surface area contributed by atoms with Gasteiger partial charge in [0.1, 0.15) is 11.6 Å². The first-order chi connectivity index (χ1) is 10.7. The van der Waals surface area contributed by atoms with Gasteiger partial charge in [-0.1, -0.05) is 19.3 Å². The van der Waals surface area contributed by atoms with Crippen LogP contribution in [0.2, 0.25) is 0 Å². The SMILES string of the molecule is I.NC(=NCc1cc(F)cc2c1OCOC2)NC1CCCCC1. The van der Waals surface area contributed by atoms with E-state index in [9.17, 15) is 4.39 Å². The van der Waals surface area contributed by atoms with Gasteiger partial charge in [0.15, 0.2) is 12.8 Å². The van der Waals surface area contributed by atoms with Crippen LogP contribution in [0.3, 0.4) is 0 Å². The van der Waals surface area contributed by atoms with Crippen molar-refractivity contribution >= 4 is 29.9 Å². The molecule has 23 heavy (non-hydrogen) atoms. The minimum absolute atomic E-state index is 0. The Balaban J connectivity index is 0.00000192. The van der Waals surface area contributed by atoms with E-state index in [1.165, 1.54) is 31.4 Å². The van der Waals surface area contributed by atoms with Crippen molar-refractivity contribution in [3.8, 4) is 5.75 Å². The van der Waals surface area contributed by atoms with Gasteiger partial charge < -0.3 is 20.5 Å². The topological polar surface area (TPSA) is 68.9 Å². The molecule has 1 fully saturated rings. The van der Waals surface area contributed by atoms with Crippen molar-refractivity contribution in [2.24, 2.45) is 10.7 Å². The summed E-state index contributed by atoms with van der Waals surface area (Å²) in [5.74, 6) is 0.774. The fraction of sp³-hybridized carbons (Fsp3) is 0.562. The molecule has 5 nitrogen and oxygen atoms in total. The van der Waals surface area contributed by atoms with Gasteiger partial charge in [0, 0.05) is 17.2 Å². The molecule has 0 unspecified atom stereocenters. The lowest BCUT2D eigenvalue weighted by atomic mass is 9.96. The molecule has 1 heterocycles. The number of hydrogen-bond donors (Lipinski definition) is 2. The van der Waals surface area contributed by atoms with Crippen LogP contribution in [0.4, 0.5) is 4.39 Å². The van der Waals surface area contributed by atoms with E-state index in [-0.39, 0.29) is 36.6 Å². The highest BCUT2D eigenvalue weighted by atomic mass is 127. The second-order valence-corrected chi connectivity index (χ2v) is 5.84. The molecule has 0 amide bonds. The second-order valence-electron chi connectivity index (χ2n) is 5.84. The zero-order valence-corrected chi connectivity index (χ0v) is 15.3. The van der Waals surface area contributed by atoms with Crippen LogP contribution in [-0.4, -0.2) is 18.8 Å². The van der Waals surface area contributed by atoms with E-state index < -0.39 is 0 Å². The molecule has 1 aromatic carbocycles. The van der Waals surface area contributed by atoms with E-state index in [1.54, 1.807) is 0 Å². The second kappa shape index (κ2) is 8.68. The molecule has 0 aromatic heterocycles. The van der Waals surface area contributed by atoms with E-state index in [4.69, 9.17) is 15.2 Å². The van der Waals surface area contributed by atoms with E-state index in [0.717, 1.165) is 18.4 Å². The number of fused-ring (bicyclic) bond motifs is 1. The molecule has 2 aliphatic rings. The Kier molecular flexibility index (Phi) is 6.88. The molecule has 0 atom stereocenters. The molecule has 0 bridgehead atoms. The third kappa shape index (κ3) is 4.94. The number of rotatable bonds is 3. The van der Waals surface area contributed by atoms with Crippen LogP contribution in [0.15, 0.2) is 17.1 Å². The molecule has 1 aliphatic carbocycles. The highest BCUT2D eigenvalue weighted by Gasteiger charge is 2.17. The molecule has 1 saturated carbocycles. The average Bonchev–Trinajstić information content (AvgIpc) is 2.53. The van der Waals surface area contributed by atoms with Crippen LogP contribution in [0.25, 0.3) is 0 Å². The number of nitrogens with two attached hydrogens (primary N) is 1. The monoisotopic (exact) mass is 435 g/mol. The molecule has 1 aliphatic heterocycles. The van der Waals surface area contributed by atoms with Crippen molar-refractivity contribution in [1.29, 1.82) is 0 Å². The van der Waals surface area contributed by atoms with Crippen molar-refractivity contribution < 1.29 is 13.9 Å². The first-order valence-corrected chi connectivity index (χ1v) is 7.80. The summed E-state index contributed by atoms with van der Waals surface area (Å²) in [5.41, 5.74) is 7.36. The predicted molar refractivity (Wildman–Crippen MR) is 97.4 cm³/mol. The summed E-state index contributed by atoms with van der Waals surface area (Å²) < 4.78 is 24.3. The molecule has 3 N–H and O–H groups in total. The summed E-state index contributed by atoms with van der Waals surface area (Å²) in [6, 6.07) is 3.29. The van der Waals surface area contributed by atoms with Crippen molar-refractivity contribution in [2.45, 2.75) is 51.3 Å². The molecular weight excluding hydrogens is 412 g/mol. The average molecular weight is 435 g/mol. The molecule has 1 aromatic rings. The number of ether oxygens (including phenoxy) is 2. The number of benzene rings is 1. The smallest absolute Gasteiger partial charge is 0.189 e. The number of halogens is 2. The minimum Gasteiger partial charge on any atom is -0.467 e. The Morgan fingerprint density at radius 1 is 1.30 bits per heavy atom. The molecule has 0 spiro atoms. The van der Waals surface area contributed by atoms with E-state index in [0.29, 0.717) is 36.5 Å². The van der Waals surface area contributed by atoms with Crippen LogP contribution in [0.1, 0.15) is 43.2 Å². The molecule has 0 saturated heterocycles. The highest BCUT2D eigenvalue weighted by molar-refractivity contribution is 14.0. The Bertz CT molecular complexity index is 563. The maximum Gasteiger partial charge on any atom is 0.189 e. The Morgan fingerprint density at radius 2 is 2.09 bits per heavy atom.